The summed E-state index contributed by atoms with van der Waals surface area (Å²) >= 11 is 1.77. The van der Waals surface area contributed by atoms with Crippen LogP contribution in [0.3, 0.4) is 0 Å². The van der Waals surface area contributed by atoms with Crippen LogP contribution in [0.15, 0.2) is 11.2 Å². The quantitative estimate of drug-likeness (QED) is 0.370. The molecule has 0 aliphatic heterocycles. The zero-order valence-electron chi connectivity index (χ0n) is 18.5. The van der Waals surface area contributed by atoms with Gasteiger partial charge in [-0.1, -0.05) is 6.92 Å². The van der Waals surface area contributed by atoms with E-state index in [4.69, 9.17) is 4.74 Å². The number of guanidine groups is 1. The lowest BCUT2D eigenvalue weighted by Crippen LogP contribution is -2.43. The number of nitrogens with one attached hydrogen (secondary N) is 2. The lowest BCUT2D eigenvalue weighted by Gasteiger charge is -2.30. The van der Waals surface area contributed by atoms with Gasteiger partial charge >= 0.3 is 6.09 Å². The summed E-state index contributed by atoms with van der Waals surface area (Å²) in [6.07, 6.45) is 4.42. The first-order chi connectivity index (χ1) is 13.2. The van der Waals surface area contributed by atoms with E-state index in [9.17, 15) is 4.79 Å². The molecule has 8 heteroatoms. The number of aromatic nitrogens is 1. The lowest BCUT2D eigenvalue weighted by atomic mass is 10.2. The molecule has 0 saturated heterocycles. The molecule has 0 radical (unpaired) electrons. The summed E-state index contributed by atoms with van der Waals surface area (Å²) in [4.78, 5) is 24.1. The van der Waals surface area contributed by atoms with Gasteiger partial charge in [-0.2, -0.15) is 0 Å². The van der Waals surface area contributed by atoms with Gasteiger partial charge in [0.05, 0.1) is 5.01 Å². The molecule has 1 heterocycles. The Balaban J connectivity index is 2.33. The van der Waals surface area contributed by atoms with Crippen LogP contribution in [-0.2, 0) is 17.6 Å². The molecule has 0 spiro atoms. The number of amides is 1. The Kier molecular flexibility index (Phi) is 10.3. The highest BCUT2D eigenvalue weighted by atomic mass is 32.1. The van der Waals surface area contributed by atoms with Gasteiger partial charge in [0.15, 0.2) is 5.96 Å². The number of ether oxygens (including phenoxy) is 1. The Bertz CT molecular complexity index is 622. The van der Waals surface area contributed by atoms with Crippen molar-refractivity contribution in [1.82, 2.24) is 20.5 Å². The molecule has 1 aromatic heterocycles. The van der Waals surface area contributed by atoms with Gasteiger partial charge in [-0.15, -0.1) is 11.3 Å². The molecule has 0 aromatic carbocycles. The normalized spacial score (nSPS) is 12.2. The predicted octanol–water partition coefficient (Wildman–Crippen LogP) is 3.45. The molecule has 0 aliphatic carbocycles. The third kappa shape index (κ3) is 9.39. The van der Waals surface area contributed by atoms with Crippen molar-refractivity contribution in [1.29, 1.82) is 0 Å². The van der Waals surface area contributed by atoms with Gasteiger partial charge in [-0.25, -0.2) is 9.78 Å². The van der Waals surface area contributed by atoms with Crippen LogP contribution < -0.4 is 10.6 Å². The highest BCUT2D eigenvalue weighted by Crippen LogP contribution is 2.13. The number of aryl methyl sites for hydroxylation is 1. The minimum absolute atomic E-state index is 0.0959. The minimum atomic E-state index is -0.482. The van der Waals surface area contributed by atoms with Gasteiger partial charge in [0.1, 0.15) is 5.60 Å². The molecule has 1 amide bonds. The molecule has 1 aromatic rings. The first-order valence-electron chi connectivity index (χ1n) is 10.0. The first-order valence-corrected chi connectivity index (χ1v) is 10.9. The van der Waals surface area contributed by atoms with Gasteiger partial charge in [-0.05, 0) is 47.5 Å². The number of nitrogens with zero attached hydrogens (tertiary/aromatic N) is 3. The number of carbonyl (C=O) groups is 1. The second-order valence-electron chi connectivity index (χ2n) is 7.87. The van der Waals surface area contributed by atoms with E-state index in [2.05, 4.69) is 27.5 Å². The standard InChI is InChI=1S/C20H37N5O2S/c1-8-16-14-24-17(28-16)10-12-23-18(21-7)22-11-9-13-25(15(2)3)19(26)27-20(4,5)6/h14-15H,8-13H2,1-7H3,(H2,21,22,23). The van der Waals surface area contributed by atoms with Crippen molar-refractivity contribution in [2.45, 2.75) is 72.4 Å². The fraction of sp³-hybridized carbons (Fsp3) is 0.750. The fourth-order valence-corrected chi connectivity index (χ4v) is 3.33. The molecule has 0 unspecified atom stereocenters. The molecule has 7 nitrogen and oxygen atoms in total. The van der Waals surface area contributed by atoms with Crippen LogP contribution in [0.5, 0.6) is 0 Å². The van der Waals surface area contributed by atoms with Crippen molar-refractivity contribution in [2.24, 2.45) is 4.99 Å². The van der Waals surface area contributed by atoms with Crippen molar-refractivity contribution in [3.05, 3.63) is 16.1 Å². The van der Waals surface area contributed by atoms with Crippen molar-refractivity contribution < 1.29 is 9.53 Å². The van der Waals surface area contributed by atoms with E-state index >= 15 is 0 Å². The molecule has 28 heavy (non-hydrogen) atoms. The van der Waals surface area contributed by atoms with Gasteiger partial charge in [0, 0.05) is 50.2 Å². The first kappa shape index (κ1) is 24.2. The van der Waals surface area contributed by atoms with E-state index in [1.807, 2.05) is 40.8 Å². The summed E-state index contributed by atoms with van der Waals surface area (Å²) < 4.78 is 5.49. The largest absolute Gasteiger partial charge is 0.444 e. The number of thiazole rings is 1. The topological polar surface area (TPSA) is 78.9 Å². The Morgan fingerprint density at radius 3 is 2.54 bits per heavy atom. The number of carbonyl (C=O) groups excluding carboxylic acids is 1. The van der Waals surface area contributed by atoms with Gasteiger partial charge in [-0.3, -0.25) is 4.99 Å². The van der Waals surface area contributed by atoms with Crippen LogP contribution in [0.2, 0.25) is 0 Å². The smallest absolute Gasteiger partial charge is 0.410 e. The van der Waals surface area contributed by atoms with Crippen molar-refractivity contribution in [3.8, 4) is 0 Å². The fourth-order valence-electron chi connectivity index (χ4n) is 2.47. The summed E-state index contributed by atoms with van der Waals surface area (Å²) in [5.41, 5.74) is -0.482. The van der Waals surface area contributed by atoms with Crippen molar-refractivity contribution in [2.75, 3.05) is 26.7 Å². The Morgan fingerprint density at radius 1 is 1.32 bits per heavy atom. The van der Waals surface area contributed by atoms with Crippen LogP contribution >= 0.6 is 11.3 Å². The Morgan fingerprint density at radius 2 is 2.00 bits per heavy atom. The van der Waals surface area contributed by atoms with E-state index in [0.717, 1.165) is 43.3 Å². The highest BCUT2D eigenvalue weighted by Gasteiger charge is 2.23. The number of aliphatic imine (C=N–C) groups is 1. The molecule has 0 atom stereocenters. The van der Waals surface area contributed by atoms with E-state index in [1.165, 1.54) is 4.88 Å². The van der Waals surface area contributed by atoms with Crippen molar-refractivity contribution >= 4 is 23.4 Å². The minimum Gasteiger partial charge on any atom is -0.444 e. The molecule has 0 bridgehead atoms. The summed E-state index contributed by atoms with van der Waals surface area (Å²) in [5, 5.41) is 7.75. The molecule has 160 valence electrons. The summed E-state index contributed by atoms with van der Waals surface area (Å²) in [6.45, 7) is 13.9. The zero-order valence-corrected chi connectivity index (χ0v) is 19.3. The molecule has 0 fully saturated rings. The number of rotatable bonds is 9. The Labute approximate surface area is 174 Å². The maximum absolute atomic E-state index is 12.3. The van der Waals surface area contributed by atoms with Crippen LogP contribution in [0.4, 0.5) is 4.79 Å². The van der Waals surface area contributed by atoms with Crippen LogP contribution in [0.1, 0.15) is 57.8 Å². The van der Waals surface area contributed by atoms with Crippen LogP contribution in [0.25, 0.3) is 0 Å². The van der Waals surface area contributed by atoms with Gasteiger partial charge < -0.3 is 20.3 Å². The second-order valence-corrected chi connectivity index (χ2v) is 9.07. The molecule has 1 rings (SSSR count). The SMILES string of the molecule is CCc1cnc(CCNC(=NC)NCCCN(C(=O)OC(C)(C)C)C(C)C)s1. The molecule has 0 saturated carbocycles. The van der Waals surface area contributed by atoms with E-state index in [1.54, 1.807) is 23.3 Å². The maximum Gasteiger partial charge on any atom is 0.410 e. The zero-order chi connectivity index (χ0) is 21.2. The lowest BCUT2D eigenvalue weighted by molar-refractivity contribution is 0.0190. The highest BCUT2D eigenvalue weighted by molar-refractivity contribution is 7.11. The molecule has 2 N–H and O–H groups in total. The third-order valence-electron chi connectivity index (χ3n) is 3.92. The summed E-state index contributed by atoms with van der Waals surface area (Å²) in [5.74, 6) is 0.764. The molecular formula is C20H37N5O2S. The average molecular weight is 412 g/mol. The predicted molar refractivity (Wildman–Crippen MR) is 117 cm³/mol. The summed E-state index contributed by atoms with van der Waals surface area (Å²) in [6, 6.07) is 0.0959. The molecular weight excluding hydrogens is 374 g/mol. The molecule has 0 aliphatic rings. The van der Waals surface area contributed by atoms with Crippen LogP contribution in [-0.4, -0.2) is 60.3 Å². The summed E-state index contributed by atoms with van der Waals surface area (Å²) in [7, 11) is 1.76. The Hall–Kier alpha value is -1.83. The number of hydrogen-bond acceptors (Lipinski definition) is 5. The van der Waals surface area contributed by atoms with E-state index in [0.29, 0.717) is 6.54 Å². The van der Waals surface area contributed by atoms with Gasteiger partial charge in [0.25, 0.3) is 0 Å². The monoisotopic (exact) mass is 411 g/mol. The van der Waals surface area contributed by atoms with Crippen molar-refractivity contribution in [3.63, 3.8) is 0 Å². The number of hydrogen-bond donors (Lipinski definition) is 2. The van der Waals surface area contributed by atoms with Crippen LogP contribution in [0, 0.1) is 0 Å². The third-order valence-corrected chi connectivity index (χ3v) is 5.13. The average Bonchev–Trinajstić information content (AvgIpc) is 3.06. The van der Waals surface area contributed by atoms with E-state index in [-0.39, 0.29) is 12.1 Å². The van der Waals surface area contributed by atoms with E-state index < -0.39 is 5.60 Å². The maximum atomic E-state index is 12.3. The van der Waals surface area contributed by atoms with Gasteiger partial charge in [0.2, 0.25) is 0 Å². The second kappa shape index (κ2) is 11.9.